The molecule has 0 fully saturated rings. The second kappa shape index (κ2) is 3.52. The van der Waals surface area contributed by atoms with Crippen molar-refractivity contribution in [2.24, 2.45) is 5.84 Å². The Labute approximate surface area is 78.7 Å². The van der Waals surface area contributed by atoms with Gasteiger partial charge in [0.25, 0.3) is 0 Å². The molecule has 12 heavy (non-hydrogen) atoms. The average Bonchev–Trinajstić information content (AvgIpc) is 2.03. The van der Waals surface area contributed by atoms with E-state index in [1.807, 2.05) is 6.07 Å². The van der Waals surface area contributed by atoms with Gasteiger partial charge in [0.2, 0.25) is 0 Å². The van der Waals surface area contributed by atoms with Crippen LogP contribution in [0.4, 0.5) is 5.82 Å². The third-order valence-corrected chi connectivity index (χ3v) is 1.72. The van der Waals surface area contributed by atoms with Crippen molar-refractivity contribution >= 4 is 21.7 Å². The maximum Gasteiger partial charge on any atom is 0.160 e. The van der Waals surface area contributed by atoms with Crippen molar-refractivity contribution in [3.05, 3.63) is 22.3 Å². The highest BCUT2D eigenvalue weighted by atomic mass is 79.9. The molecular formula is C7H7BrN4. The Morgan fingerprint density at radius 2 is 2.42 bits per heavy atom. The minimum absolute atomic E-state index is 0.453. The first kappa shape index (κ1) is 8.97. The predicted molar refractivity (Wildman–Crippen MR) is 49.2 cm³/mol. The number of aromatic nitrogens is 1. The van der Waals surface area contributed by atoms with Crippen LogP contribution in [0.5, 0.6) is 0 Å². The van der Waals surface area contributed by atoms with Gasteiger partial charge in [-0.1, -0.05) is 0 Å². The fraction of sp³-hybridized carbons (Fsp3) is 0.143. The Bertz CT molecular complexity index is 329. The molecule has 0 aromatic carbocycles. The maximum absolute atomic E-state index is 8.70. The monoisotopic (exact) mass is 226 g/mol. The molecule has 0 aliphatic rings. The highest BCUT2D eigenvalue weighted by molar-refractivity contribution is 9.10. The number of hydrazine groups is 1. The fourth-order valence-electron chi connectivity index (χ4n) is 0.795. The summed E-state index contributed by atoms with van der Waals surface area (Å²) in [7, 11) is 1.64. The van der Waals surface area contributed by atoms with Crippen LogP contribution >= 0.6 is 15.9 Å². The number of hydrogen-bond donors (Lipinski definition) is 1. The Morgan fingerprint density at radius 3 is 2.92 bits per heavy atom. The van der Waals surface area contributed by atoms with Gasteiger partial charge >= 0.3 is 0 Å². The molecule has 1 heterocycles. The zero-order chi connectivity index (χ0) is 9.14. The van der Waals surface area contributed by atoms with Crippen molar-refractivity contribution in [3.63, 3.8) is 0 Å². The molecule has 1 rings (SSSR count). The number of hydrogen-bond acceptors (Lipinski definition) is 4. The first-order valence-corrected chi connectivity index (χ1v) is 3.98. The lowest BCUT2D eigenvalue weighted by atomic mass is 10.3. The highest BCUT2D eigenvalue weighted by Gasteiger charge is 2.05. The topological polar surface area (TPSA) is 65.9 Å². The van der Waals surface area contributed by atoms with Crippen LogP contribution in [0, 0.1) is 11.3 Å². The van der Waals surface area contributed by atoms with E-state index >= 15 is 0 Å². The molecule has 0 atom stereocenters. The lowest BCUT2D eigenvalue weighted by Crippen LogP contribution is -2.26. The Kier molecular flexibility index (Phi) is 2.63. The van der Waals surface area contributed by atoms with Crippen LogP contribution in [-0.4, -0.2) is 12.0 Å². The van der Waals surface area contributed by atoms with Crippen molar-refractivity contribution in [2.75, 3.05) is 12.1 Å². The van der Waals surface area contributed by atoms with Gasteiger partial charge in [0.1, 0.15) is 6.07 Å². The van der Waals surface area contributed by atoms with Gasteiger partial charge in [0.15, 0.2) is 5.82 Å². The molecule has 0 unspecified atom stereocenters. The van der Waals surface area contributed by atoms with Crippen molar-refractivity contribution in [1.82, 2.24) is 4.98 Å². The standard InChI is InChI=1S/C7H7BrN4/c1-12(10)7-5(3-9)2-6(8)4-11-7/h2,4H,10H2,1H3. The molecule has 4 nitrogen and oxygen atoms in total. The van der Waals surface area contributed by atoms with Gasteiger partial charge < -0.3 is 0 Å². The molecule has 0 bridgehead atoms. The molecular weight excluding hydrogens is 220 g/mol. The number of nitriles is 1. The lowest BCUT2D eigenvalue weighted by molar-refractivity contribution is 0.971. The van der Waals surface area contributed by atoms with E-state index in [0.29, 0.717) is 11.4 Å². The van der Waals surface area contributed by atoms with Gasteiger partial charge in [-0.05, 0) is 22.0 Å². The van der Waals surface area contributed by atoms with E-state index in [-0.39, 0.29) is 0 Å². The van der Waals surface area contributed by atoms with Crippen LogP contribution in [0.2, 0.25) is 0 Å². The SMILES string of the molecule is CN(N)c1ncc(Br)cc1C#N. The van der Waals surface area contributed by atoms with E-state index in [1.165, 1.54) is 5.01 Å². The van der Waals surface area contributed by atoms with Crippen molar-refractivity contribution in [1.29, 1.82) is 5.26 Å². The van der Waals surface area contributed by atoms with E-state index in [0.717, 1.165) is 4.47 Å². The summed E-state index contributed by atoms with van der Waals surface area (Å²) in [6.45, 7) is 0. The summed E-state index contributed by atoms with van der Waals surface area (Å²) >= 11 is 3.21. The normalized spacial score (nSPS) is 9.17. The number of halogens is 1. The first-order chi connectivity index (χ1) is 5.65. The minimum Gasteiger partial charge on any atom is -0.297 e. The van der Waals surface area contributed by atoms with E-state index < -0.39 is 0 Å². The van der Waals surface area contributed by atoms with Gasteiger partial charge in [-0.25, -0.2) is 10.8 Å². The van der Waals surface area contributed by atoms with Gasteiger partial charge in [-0.15, -0.1) is 0 Å². The second-order valence-corrected chi connectivity index (χ2v) is 3.16. The maximum atomic E-state index is 8.70. The summed E-state index contributed by atoms with van der Waals surface area (Å²) in [6, 6.07) is 3.68. The minimum atomic E-state index is 0.453. The third-order valence-electron chi connectivity index (χ3n) is 1.29. The molecule has 0 radical (unpaired) electrons. The number of nitrogens with two attached hydrogens (primary N) is 1. The van der Waals surface area contributed by atoms with Crippen LogP contribution in [0.3, 0.4) is 0 Å². The summed E-state index contributed by atoms with van der Waals surface area (Å²) in [5.74, 6) is 5.92. The Morgan fingerprint density at radius 1 is 1.75 bits per heavy atom. The molecule has 1 aromatic heterocycles. The number of rotatable bonds is 1. The molecule has 2 N–H and O–H groups in total. The van der Waals surface area contributed by atoms with Crippen molar-refractivity contribution < 1.29 is 0 Å². The van der Waals surface area contributed by atoms with E-state index in [2.05, 4.69) is 20.9 Å². The molecule has 0 aliphatic heterocycles. The van der Waals surface area contributed by atoms with E-state index in [9.17, 15) is 0 Å². The molecule has 0 saturated heterocycles. The van der Waals surface area contributed by atoms with Crippen LogP contribution in [0.1, 0.15) is 5.56 Å². The van der Waals surface area contributed by atoms with E-state index in [1.54, 1.807) is 19.3 Å². The Hall–Kier alpha value is -1.12. The van der Waals surface area contributed by atoms with Gasteiger partial charge in [0, 0.05) is 17.7 Å². The fourth-order valence-corrected chi connectivity index (χ4v) is 1.13. The van der Waals surface area contributed by atoms with E-state index in [4.69, 9.17) is 11.1 Å². The van der Waals surface area contributed by atoms with Crippen LogP contribution in [0.25, 0.3) is 0 Å². The smallest absolute Gasteiger partial charge is 0.160 e. The van der Waals surface area contributed by atoms with Crippen molar-refractivity contribution in [3.8, 4) is 6.07 Å². The summed E-state index contributed by atoms with van der Waals surface area (Å²) in [6.07, 6.45) is 1.60. The zero-order valence-corrected chi connectivity index (χ0v) is 8.04. The van der Waals surface area contributed by atoms with Gasteiger partial charge in [-0.2, -0.15) is 5.26 Å². The van der Waals surface area contributed by atoms with Gasteiger partial charge in [-0.3, -0.25) is 5.01 Å². The number of anilines is 1. The summed E-state index contributed by atoms with van der Waals surface area (Å²) in [5, 5.41) is 10.0. The lowest BCUT2D eigenvalue weighted by Gasteiger charge is -2.11. The number of nitrogens with zero attached hydrogens (tertiary/aromatic N) is 3. The van der Waals surface area contributed by atoms with Crippen LogP contribution in [0.15, 0.2) is 16.7 Å². The van der Waals surface area contributed by atoms with Crippen LogP contribution in [-0.2, 0) is 0 Å². The molecule has 0 aliphatic carbocycles. The molecule has 0 spiro atoms. The highest BCUT2D eigenvalue weighted by Crippen LogP contribution is 2.17. The molecule has 5 heteroatoms. The predicted octanol–water partition coefficient (Wildman–Crippen LogP) is 1.03. The quantitative estimate of drug-likeness (QED) is 0.574. The van der Waals surface area contributed by atoms with Gasteiger partial charge in [0.05, 0.1) is 5.56 Å². The summed E-state index contributed by atoms with van der Waals surface area (Å²) in [4.78, 5) is 3.98. The molecule has 0 saturated carbocycles. The van der Waals surface area contributed by atoms with Crippen LogP contribution < -0.4 is 10.9 Å². The summed E-state index contributed by atoms with van der Waals surface area (Å²) < 4.78 is 0.768. The van der Waals surface area contributed by atoms with Crippen molar-refractivity contribution in [2.45, 2.75) is 0 Å². The first-order valence-electron chi connectivity index (χ1n) is 3.19. The molecule has 1 aromatic rings. The summed E-state index contributed by atoms with van der Waals surface area (Å²) in [5.41, 5.74) is 0.453. The second-order valence-electron chi connectivity index (χ2n) is 2.25. The molecule has 62 valence electrons. The largest absolute Gasteiger partial charge is 0.297 e. The molecule has 0 amide bonds. The zero-order valence-electron chi connectivity index (χ0n) is 6.45. The Balaban J connectivity index is 3.23. The number of pyridine rings is 1. The third kappa shape index (κ3) is 1.72. The average molecular weight is 227 g/mol.